The highest BCUT2D eigenvalue weighted by atomic mass is 19.1. The van der Waals surface area contributed by atoms with Crippen LogP contribution in [0.4, 0.5) is 4.39 Å². The van der Waals surface area contributed by atoms with Crippen molar-refractivity contribution in [2.45, 2.75) is 51.0 Å². The summed E-state index contributed by atoms with van der Waals surface area (Å²) in [7, 11) is 0. The number of nitrogens with one attached hydrogen (secondary N) is 2. The summed E-state index contributed by atoms with van der Waals surface area (Å²) in [5, 5.41) is 6.59. The highest BCUT2D eigenvalue weighted by molar-refractivity contribution is 5.80. The van der Waals surface area contributed by atoms with E-state index in [1.54, 1.807) is 12.3 Å². The van der Waals surface area contributed by atoms with Crippen LogP contribution < -0.4 is 10.6 Å². The molecule has 0 amide bonds. The SMILES string of the molecule is CCNC(=NCc1ncccc1F)NC1CC2CCC1O2. The van der Waals surface area contributed by atoms with E-state index in [2.05, 4.69) is 20.6 Å². The first-order valence-corrected chi connectivity index (χ1v) is 7.56. The van der Waals surface area contributed by atoms with E-state index in [4.69, 9.17) is 4.74 Å². The molecule has 2 bridgehead atoms. The summed E-state index contributed by atoms with van der Waals surface area (Å²) in [5.41, 5.74) is 0.360. The van der Waals surface area contributed by atoms with E-state index in [1.165, 1.54) is 6.07 Å². The van der Waals surface area contributed by atoms with Crippen LogP contribution in [0.1, 0.15) is 31.9 Å². The molecule has 2 fully saturated rings. The first-order chi connectivity index (χ1) is 10.3. The van der Waals surface area contributed by atoms with E-state index in [-0.39, 0.29) is 18.5 Å². The average Bonchev–Trinajstić information content (AvgIpc) is 3.09. The number of rotatable bonds is 4. The number of halogens is 1. The molecule has 114 valence electrons. The molecule has 0 radical (unpaired) electrons. The molecule has 1 aromatic rings. The molecule has 2 aliphatic heterocycles. The van der Waals surface area contributed by atoms with Gasteiger partial charge in [-0.15, -0.1) is 0 Å². The molecule has 0 aromatic carbocycles. The Morgan fingerprint density at radius 2 is 2.43 bits per heavy atom. The van der Waals surface area contributed by atoms with Gasteiger partial charge in [0.15, 0.2) is 5.96 Å². The fraction of sp³-hybridized carbons (Fsp3) is 0.600. The van der Waals surface area contributed by atoms with Crippen molar-refractivity contribution in [1.29, 1.82) is 0 Å². The zero-order valence-corrected chi connectivity index (χ0v) is 12.2. The first-order valence-electron chi connectivity index (χ1n) is 7.56. The number of hydrogen-bond acceptors (Lipinski definition) is 3. The van der Waals surface area contributed by atoms with E-state index >= 15 is 0 Å². The molecule has 1 aromatic heterocycles. The number of aromatic nitrogens is 1. The topological polar surface area (TPSA) is 58.5 Å². The Hall–Kier alpha value is -1.69. The van der Waals surface area contributed by atoms with Gasteiger partial charge in [-0.1, -0.05) is 0 Å². The maximum atomic E-state index is 13.6. The standard InChI is InChI=1S/C15H21FN4O/c1-2-17-15(19-9-13-11(16)4-3-7-18-13)20-12-8-10-5-6-14(12)21-10/h3-4,7,10,12,14H,2,5-6,8-9H2,1H3,(H2,17,19,20). The third-order valence-corrected chi connectivity index (χ3v) is 3.99. The van der Waals surface area contributed by atoms with Gasteiger partial charge in [0.25, 0.3) is 0 Å². The van der Waals surface area contributed by atoms with Crippen molar-refractivity contribution in [2.24, 2.45) is 4.99 Å². The molecule has 3 rings (SSSR count). The molecular weight excluding hydrogens is 271 g/mol. The van der Waals surface area contributed by atoms with Gasteiger partial charge < -0.3 is 15.4 Å². The van der Waals surface area contributed by atoms with Gasteiger partial charge in [-0.2, -0.15) is 0 Å². The molecule has 5 nitrogen and oxygen atoms in total. The van der Waals surface area contributed by atoms with E-state index in [0.29, 0.717) is 23.8 Å². The van der Waals surface area contributed by atoms with Gasteiger partial charge in [0.2, 0.25) is 0 Å². The van der Waals surface area contributed by atoms with Crippen LogP contribution in [0.15, 0.2) is 23.3 Å². The third kappa shape index (κ3) is 3.32. The van der Waals surface area contributed by atoms with Gasteiger partial charge in [-0.25, -0.2) is 9.38 Å². The molecular formula is C15H21FN4O. The van der Waals surface area contributed by atoms with E-state index in [9.17, 15) is 4.39 Å². The van der Waals surface area contributed by atoms with Gasteiger partial charge in [-0.3, -0.25) is 4.98 Å². The lowest BCUT2D eigenvalue weighted by Crippen LogP contribution is -2.47. The maximum Gasteiger partial charge on any atom is 0.191 e. The van der Waals surface area contributed by atoms with Crippen molar-refractivity contribution < 1.29 is 9.13 Å². The lowest BCUT2D eigenvalue weighted by Gasteiger charge is -2.22. The largest absolute Gasteiger partial charge is 0.373 e. The maximum absolute atomic E-state index is 13.6. The molecule has 3 unspecified atom stereocenters. The average molecular weight is 292 g/mol. The summed E-state index contributed by atoms with van der Waals surface area (Å²) < 4.78 is 19.4. The van der Waals surface area contributed by atoms with Gasteiger partial charge in [0.1, 0.15) is 5.82 Å². The van der Waals surface area contributed by atoms with Crippen molar-refractivity contribution in [1.82, 2.24) is 15.6 Å². The minimum Gasteiger partial charge on any atom is -0.373 e. The number of aliphatic imine (C=N–C) groups is 1. The van der Waals surface area contributed by atoms with Crippen molar-refractivity contribution in [3.8, 4) is 0 Å². The lowest BCUT2D eigenvalue weighted by molar-refractivity contribution is 0.0992. The van der Waals surface area contributed by atoms with Crippen LogP contribution in [0.25, 0.3) is 0 Å². The molecule has 3 atom stereocenters. The number of fused-ring (bicyclic) bond motifs is 2. The Morgan fingerprint density at radius 1 is 1.52 bits per heavy atom. The number of guanidine groups is 1. The van der Waals surface area contributed by atoms with Crippen LogP contribution >= 0.6 is 0 Å². The molecule has 0 saturated carbocycles. The zero-order chi connectivity index (χ0) is 14.7. The smallest absolute Gasteiger partial charge is 0.191 e. The van der Waals surface area contributed by atoms with Crippen molar-refractivity contribution in [2.75, 3.05) is 6.54 Å². The fourth-order valence-electron chi connectivity index (χ4n) is 2.97. The first kappa shape index (κ1) is 14.3. The summed E-state index contributed by atoms with van der Waals surface area (Å²) in [4.78, 5) is 8.45. The van der Waals surface area contributed by atoms with Crippen LogP contribution in [0.2, 0.25) is 0 Å². The number of nitrogens with zero attached hydrogens (tertiary/aromatic N) is 2. The molecule has 2 N–H and O–H groups in total. The second-order valence-corrected chi connectivity index (χ2v) is 5.49. The Kier molecular flexibility index (Phi) is 4.34. The number of hydrogen-bond donors (Lipinski definition) is 2. The molecule has 3 heterocycles. The predicted molar refractivity (Wildman–Crippen MR) is 78.4 cm³/mol. The highest BCUT2D eigenvalue weighted by Crippen LogP contribution is 2.34. The van der Waals surface area contributed by atoms with Crippen LogP contribution in [-0.4, -0.2) is 35.7 Å². The molecule has 2 saturated heterocycles. The molecule has 2 aliphatic rings. The van der Waals surface area contributed by atoms with Crippen LogP contribution in [0.3, 0.4) is 0 Å². The fourth-order valence-corrected chi connectivity index (χ4v) is 2.97. The lowest BCUT2D eigenvalue weighted by atomic mass is 9.96. The number of pyridine rings is 1. The van der Waals surface area contributed by atoms with Crippen LogP contribution in [-0.2, 0) is 11.3 Å². The molecule has 21 heavy (non-hydrogen) atoms. The van der Waals surface area contributed by atoms with Crippen molar-refractivity contribution in [3.05, 3.63) is 29.8 Å². The third-order valence-electron chi connectivity index (χ3n) is 3.99. The Balaban J connectivity index is 1.63. The highest BCUT2D eigenvalue weighted by Gasteiger charge is 2.41. The van der Waals surface area contributed by atoms with Gasteiger partial charge in [0, 0.05) is 12.7 Å². The minimum atomic E-state index is -0.319. The second-order valence-electron chi connectivity index (χ2n) is 5.49. The summed E-state index contributed by atoms with van der Waals surface area (Å²) in [6.07, 6.45) is 5.55. The zero-order valence-electron chi connectivity index (χ0n) is 12.2. The van der Waals surface area contributed by atoms with E-state index in [1.807, 2.05) is 6.92 Å². The van der Waals surface area contributed by atoms with Crippen molar-refractivity contribution in [3.63, 3.8) is 0 Å². The minimum absolute atomic E-state index is 0.226. The quantitative estimate of drug-likeness (QED) is 0.654. The monoisotopic (exact) mass is 292 g/mol. The van der Waals surface area contributed by atoms with Crippen LogP contribution in [0, 0.1) is 5.82 Å². The molecule has 6 heteroatoms. The van der Waals surface area contributed by atoms with Gasteiger partial charge in [0.05, 0.1) is 30.5 Å². The molecule has 0 spiro atoms. The molecule has 0 aliphatic carbocycles. The summed E-state index contributed by atoms with van der Waals surface area (Å²) in [5.74, 6) is 0.379. The van der Waals surface area contributed by atoms with E-state index < -0.39 is 0 Å². The summed E-state index contributed by atoms with van der Waals surface area (Å²) in [6, 6.07) is 3.29. The van der Waals surface area contributed by atoms with E-state index in [0.717, 1.165) is 25.8 Å². The Labute approximate surface area is 124 Å². The van der Waals surface area contributed by atoms with Gasteiger partial charge >= 0.3 is 0 Å². The Morgan fingerprint density at radius 3 is 3.10 bits per heavy atom. The predicted octanol–water partition coefficient (Wildman–Crippen LogP) is 1.60. The summed E-state index contributed by atoms with van der Waals surface area (Å²) >= 11 is 0. The van der Waals surface area contributed by atoms with Crippen molar-refractivity contribution >= 4 is 5.96 Å². The Bertz CT molecular complexity index is 522. The second kappa shape index (κ2) is 6.39. The number of ether oxygens (including phenoxy) is 1. The normalized spacial score (nSPS) is 27.9. The summed E-state index contributed by atoms with van der Waals surface area (Å²) in [6.45, 7) is 3.00. The van der Waals surface area contributed by atoms with Crippen LogP contribution in [0.5, 0.6) is 0 Å². The van der Waals surface area contributed by atoms with Gasteiger partial charge in [-0.05, 0) is 38.3 Å².